The average Bonchev–Trinajstić information content (AvgIpc) is 2.47. The summed E-state index contributed by atoms with van der Waals surface area (Å²) < 4.78 is 28.8. The molecule has 0 radical (unpaired) electrons. The molecule has 0 spiro atoms. The van der Waals surface area contributed by atoms with E-state index in [2.05, 4.69) is 4.98 Å². The highest BCUT2D eigenvalue weighted by Gasteiger charge is 2.21. The van der Waals surface area contributed by atoms with Crippen molar-refractivity contribution in [2.75, 3.05) is 12.9 Å². The van der Waals surface area contributed by atoms with Gasteiger partial charge in [-0.1, -0.05) is 30.3 Å². The molecule has 0 aliphatic carbocycles. The van der Waals surface area contributed by atoms with Gasteiger partial charge in [0.15, 0.2) is 15.5 Å². The topological polar surface area (TPSA) is 73.3 Å². The Labute approximate surface area is 129 Å². The monoisotopic (exact) mass is 319 g/mol. The van der Waals surface area contributed by atoms with Gasteiger partial charge in [-0.05, 0) is 25.5 Å². The van der Waals surface area contributed by atoms with Crippen LogP contribution in [0.3, 0.4) is 0 Å². The van der Waals surface area contributed by atoms with Crippen LogP contribution < -0.4 is 0 Å². The molecule has 2 aromatic rings. The number of sulfone groups is 1. The van der Waals surface area contributed by atoms with Crippen LogP contribution >= 0.6 is 0 Å². The molecule has 0 fully saturated rings. The number of carbonyl (C=O) groups is 1. The Hall–Kier alpha value is -2.21. The smallest absolute Gasteiger partial charge is 0.357 e. The summed E-state index contributed by atoms with van der Waals surface area (Å²) in [6.45, 7) is 3.49. The molecule has 22 heavy (non-hydrogen) atoms. The molecule has 0 aliphatic rings. The van der Waals surface area contributed by atoms with E-state index >= 15 is 0 Å². The van der Waals surface area contributed by atoms with Gasteiger partial charge in [-0.2, -0.15) is 0 Å². The Morgan fingerprint density at radius 2 is 1.86 bits per heavy atom. The normalized spacial score (nSPS) is 11.2. The number of aromatic nitrogens is 1. The molecule has 6 heteroatoms. The van der Waals surface area contributed by atoms with Gasteiger partial charge in [0.05, 0.1) is 17.2 Å². The van der Waals surface area contributed by atoms with Gasteiger partial charge in [-0.3, -0.25) is 0 Å². The first-order valence-corrected chi connectivity index (χ1v) is 8.68. The quantitative estimate of drug-likeness (QED) is 0.810. The molecule has 1 aromatic carbocycles. The summed E-state index contributed by atoms with van der Waals surface area (Å²) in [5.74, 6) is -0.565. The first kappa shape index (κ1) is 16.2. The minimum atomic E-state index is -3.43. The zero-order valence-corrected chi connectivity index (χ0v) is 13.5. The van der Waals surface area contributed by atoms with E-state index in [0.29, 0.717) is 11.1 Å². The Morgan fingerprint density at radius 1 is 1.23 bits per heavy atom. The van der Waals surface area contributed by atoms with Crippen molar-refractivity contribution < 1.29 is 17.9 Å². The Bertz CT molecular complexity index is 798. The highest BCUT2D eigenvalue weighted by atomic mass is 32.2. The van der Waals surface area contributed by atoms with E-state index in [1.165, 1.54) is 6.07 Å². The summed E-state index contributed by atoms with van der Waals surface area (Å²) in [4.78, 5) is 16.4. The second-order valence-corrected chi connectivity index (χ2v) is 6.81. The number of nitrogens with zero attached hydrogens (tertiary/aromatic N) is 1. The molecule has 0 atom stereocenters. The molecule has 0 aliphatic heterocycles. The molecule has 0 saturated carbocycles. The van der Waals surface area contributed by atoms with Crippen LogP contribution in [0.1, 0.15) is 23.1 Å². The maximum atomic E-state index is 12.1. The highest BCUT2D eigenvalue weighted by Crippen LogP contribution is 2.27. The van der Waals surface area contributed by atoms with Gasteiger partial charge in [-0.15, -0.1) is 0 Å². The van der Waals surface area contributed by atoms with Crippen LogP contribution in [0.5, 0.6) is 0 Å². The van der Waals surface area contributed by atoms with Crippen molar-refractivity contribution in [2.45, 2.75) is 18.7 Å². The van der Waals surface area contributed by atoms with Crippen molar-refractivity contribution in [3.8, 4) is 11.1 Å². The number of pyridine rings is 1. The molecule has 0 bridgehead atoms. The third kappa shape index (κ3) is 3.33. The molecule has 0 N–H and O–H groups in total. The van der Waals surface area contributed by atoms with E-state index in [9.17, 15) is 13.2 Å². The summed E-state index contributed by atoms with van der Waals surface area (Å²) in [6, 6.07) is 10.5. The lowest BCUT2D eigenvalue weighted by Gasteiger charge is -2.12. The fourth-order valence-corrected chi connectivity index (χ4v) is 3.07. The maximum absolute atomic E-state index is 12.1. The van der Waals surface area contributed by atoms with Crippen LogP contribution in [0.15, 0.2) is 41.3 Å². The lowest BCUT2D eigenvalue weighted by molar-refractivity contribution is 0.0520. The maximum Gasteiger partial charge on any atom is 0.357 e. The number of rotatable bonds is 4. The Kier molecular flexibility index (Phi) is 4.61. The second kappa shape index (κ2) is 6.27. The standard InChI is InChI=1S/C16H17NO4S/c1-4-21-16(18)15-13(12-8-6-5-7-9-12)10-14(11(2)17-15)22(3,19)20/h5-10H,4H2,1-3H3. The van der Waals surface area contributed by atoms with E-state index in [-0.39, 0.29) is 22.9 Å². The third-order valence-corrected chi connectivity index (χ3v) is 4.33. The predicted octanol–water partition coefficient (Wildman–Crippen LogP) is 2.64. The number of hydrogen-bond acceptors (Lipinski definition) is 5. The summed E-state index contributed by atoms with van der Waals surface area (Å²) in [7, 11) is -3.43. The van der Waals surface area contributed by atoms with Crippen LogP contribution in [0.2, 0.25) is 0 Å². The molecule has 0 saturated heterocycles. The molecular weight excluding hydrogens is 302 g/mol. The van der Waals surface area contributed by atoms with Crippen LogP contribution in [0.4, 0.5) is 0 Å². The van der Waals surface area contributed by atoms with E-state index in [1.54, 1.807) is 26.0 Å². The summed E-state index contributed by atoms with van der Waals surface area (Å²) in [5, 5.41) is 0. The van der Waals surface area contributed by atoms with Gasteiger partial charge in [0.1, 0.15) is 0 Å². The SMILES string of the molecule is CCOC(=O)c1nc(C)c(S(C)(=O)=O)cc1-c1ccccc1. The van der Waals surface area contributed by atoms with Crippen LogP contribution in [0, 0.1) is 6.92 Å². The number of esters is 1. The van der Waals surface area contributed by atoms with Gasteiger partial charge in [0.2, 0.25) is 0 Å². The Balaban J connectivity index is 2.74. The van der Waals surface area contributed by atoms with E-state index in [0.717, 1.165) is 6.26 Å². The van der Waals surface area contributed by atoms with Crippen molar-refractivity contribution in [1.29, 1.82) is 0 Å². The minimum absolute atomic E-state index is 0.111. The van der Waals surface area contributed by atoms with Crippen molar-refractivity contribution in [3.05, 3.63) is 47.8 Å². The molecule has 2 rings (SSSR count). The van der Waals surface area contributed by atoms with Gasteiger partial charge in [0, 0.05) is 11.8 Å². The van der Waals surface area contributed by atoms with E-state index in [4.69, 9.17) is 4.74 Å². The second-order valence-electron chi connectivity index (χ2n) is 4.83. The molecule has 5 nitrogen and oxygen atoms in total. The fraction of sp³-hybridized carbons (Fsp3) is 0.250. The van der Waals surface area contributed by atoms with Crippen molar-refractivity contribution in [3.63, 3.8) is 0 Å². The largest absolute Gasteiger partial charge is 0.461 e. The van der Waals surface area contributed by atoms with E-state index < -0.39 is 15.8 Å². The fourth-order valence-electron chi connectivity index (χ4n) is 2.16. The third-order valence-electron chi connectivity index (χ3n) is 3.12. The summed E-state index contributed by atoms with van der Waals surface area (Å²) >= 11 is 0. The molecular formula is C16H17NO4S. The van der Waals surface area contributed by atoms with Crippen molar-refractivity contribution in [1.82, 2.24) is 4.98 Å². The Morgan fingerprint density at radius 3 is 2.41 bits per heavy atom. The molecule has 0 amide bonds. The van der Waals surface area contributed by atoms with Crippen molar-refractivity contribution >= 4 is 15.8 Å². The molecule has 1 heterocycles. The van der Waals surface area contributed by atoms with Crippen LogP contribution in [0.25, 0.3) is 11.1 Å². The molecule has 116 valence electrons. The lowest BCUT2D eigenvalue weighted by atomic mass is 10.0. The average molecular weight is 319 g/mol. The van der Waals surface area contributed by atoms with Crippen LogP contribution in [-0.4, -0.2) is 32.2 Å². The first-order chi connectivity index (χ1) is 10.3. The number of aryl methyl sites for hydroxylation is 1. The molecule has 0 unspecified atom stereocenters. The summed E-state index contributed by atoms with van der Waals surface area (Å²) in [6.07, 6.45) is 1.12. The van der Waals surface area contributed by atoms with Crippen LogP contribution in [-0.2, 0) is 14.6 Å². The first-order valence-electron chi connectivity index (χ1n) is 6.78. The lowest BCUT2D eigenvalue weighted by Crippen LogP contribution is -2.12. The zero-order chi connectivity index (χ0) is 16.3. The number of benzene rings is 1. The zero-order valence-electron chi connectivity index (χ0n) is 12.7. The number of carbonyl (C=O) groups excluding carboxylic acids is 1. The highest BCUT2D eigenvalue weighted by molar-refractivity contribution is 7.90. The minimum Gasteiger partial charge on any atom is -0.461 e. The van der Waals surface area contributed by atoms with Gasteiger partial charge >= 0.3 is 5.97 Å². The van der Waals surface area contributed by atoms with Gasteiger partial charge in [-0.25, -0.2) is 18.2 Å². The summed E-state index contributed by atoms with van der Waals surface area (Å²) in [5.41, 5.74) is 1.57. The predicted molar refractivity (Wildman–Crippen MR) is 83.5 cm³/mol. The van der Waals surface area contributed by atoms with Gasteiger partial charge in [0.25, 0.3) is 0 Å². The van der Waals surface area contributed by atoms with Crippen molar-refractivity contribution in [2.24, 2.45) is 0 Å². The number of hydrogen-bond donors (Lipinski definition) is 0. The van der Waals surface area contributed by atoms with Gasteiger partial charge < -0.3 is 4.74 Å². The molecule has 1 aromatic heterocycles. The van der Waals surface area contributed by atoms with E-state index in [1.807, 2.05) is 18.2 Å². The number of ether oxygens (including phenoxy) is 1.